The molecule has 0 radical (unpaired) electrons. The Hall–Kier alpha value is -0.120. The Bertz CT molecular complexity index is 147. The molecule has 0 aliphatic heterocycles. The number of aliphatic hydroxyl groups is 2. The molecule has 1 aliphatic rings. The van der Waals surface area contributed by atoms with E-state index in [1.807, 2.05) is 13.8 Å². The maximum Gasteiger partial charge on any atom is 0.0603 e. The maximum atomic E-state index is 9.42. The number of aliphatic hydroxyl groups excluding tert-OH is 1. The van der Waals surface area contributed by atoms with Gasteiger partial charge in [-0.25, -0.2) is 0 Å². The quantitative estimate of drug-likeness (QED) is 0.550. The zero-order chi connectivity index (χ0) is 9.90. The molecule has 0 saturated heterocycles. The predicted molar refractivity (Wildman–Crippen MR) is 52.5 cm³/mol. The van der Waals surface area contributed by atoms with E-state index in [2.05, 4.69) is 5.32 Å². The van der Waals surface area contributed by atoms with Crippen LogP contribution < -0.4 is 5.32 Å². The van der Waals surface area contributed by atoms with Crippen LogP contribution in [-0.4, -0.2) is 35.0 Å². The fourth-order valence-corrected chi connectivity index (χ4v) is 1.57. The average Bonchev–Trinajstić information content (AvgIpc) is 1.91. The van der Waals surface area contributed by atoms with Gasteiger partial charge in [-0.15, -0.1) is 0 Å². The van der Waals surface area contributed by atoms with Crippen LogP contribution in [0.4, 0.5) is 0 Å². The van der Waals surface area contributed by atoms with Crippen LogP contribution in [0.3, 0.4) is 0 Å². The van der Waals surface area contributed by atoms with Gasteiger partial charge in [0, 0.05) is 0 Å². The molecule has 0 heterocycles. The first-order valence-electron chi connectivity index (χ1n) is 5.08. The molecule has 13 heavy (non-hydrogen) atoms. The van der Waals surface area contributed by atoms with Crippen molar-refractivity contribution in [1.29, 1.82) is 0 Å². The molecule has 0 atom stereocenters. The molecule has 3 heteroatoms. The van der Waals surface area contributed by atoms with E-state index in [1.165, 1.54) is 0 Å². The number of hydrogen-bond donors (Lipinski definition) is 3. The third-order valence-corrected chi connectivity index (χ3v) is 2.56. The minimum Gasteiger partial charge on any atom is -0.393 e. The number of nitrogens with one attached hydrogen (secondary N) is 1. The van der Waals surface area contributed by atoms with Crippen molar-refractivity contribution >= 4 is 0 Å². The molecule has 1 fully saturated rings. The van der Waals surface area contributed by atoms with E-state index in [0.717, 1.165) is 32.4 Å². The molecule has 0 aromatic heterocycles. The van der Waals surface area contributed by atoms with Gasteiger partial charge in [-0.3, -0.25) is 0 Å². The molecule has 0 bridgehead atoms. The largest absolute Gasteiger partial charge is 0.393 e. The molecule has 1 saturated carbocycles. The highest BCUT2D eigenvalue weighted by Gasteiger charge is 2.26. The molecule has 0 unspecified atom stereocenters. The van der Waals surface area contributed by atoms with Crippen LogP contribution in [0.1, 0.15) is 33.1 Å². The van der Waals surface area contributed by atoms with E-state index in [9.17, 15) is 5.11 Å². The molecule has 1 rings (SSSR count). The molecule has 0 spiro atoms. The first kappa shape index (κ1) is 11.0. The Balaban J connectivity index is 1.90. The molecular weight excluding hydrogens is 166 g/mol. The van der Waals surface area contributed by atoms with Crippen molar-refractivity contribution in [2.45, 2.75) is 44.8 Å². The first-order chi connectivity index (χ1) is 5.97. The third-order valence-electron chi connectivity index (χ3n) is 2.56. The highest BCUT2D eigenvalue weighted by molar-refractivity contribution is 4.80. The molecule has 3 N–H and O–H groups in total. The van der Waals surface area contributed by atoms with E-state index in [1.54, 1.807) is 0 Å². The van der Waals surface area contributed by atoms with Crippen LogP contribution in [0.5, 0.6) is 0 Å². The van der Waals surface area contributed by atoms with Gasteiger partial charge in [-0.1, -0.05) is 0 Å². The third kappa shape index (κ3) is 4.60. The summed E-state index contributed by atoms with van der Waals surface area (Å²) in [6.45, 7) is 5.48. The van der Waals surface area contributed by atoms with Crippen molar-refractivity contribution in [3.63, 3.8) is 0 Å². The minimum atomic E-state index is -0.563. The summed E-state index contributed by atoms with van der Waals surface area (Å²) in [5, 5.41) is 21.7. The summed E-state index contributed by atoms with van der Waals surface area (Å²) in [7, 11) is 0. The van der Waals surface area contributed by atoms with Gasteiger partial charge in [0.1, 0.15) is 0 Å². The fraction of sp³-hybridized carbons (Fsp3) is 1.00. The minimum absolute atomic E-state index is 0.0546. The summed E-state index contributed by atoms with van der Waals surface area (Å²) < 4.78 is 0. The van der Waals surface area contributed by atoms with E-state index in [0.29, 0.717) is 5.92 Å². The summed E-state index contributed by atoms with van der Waals surface area (Å²) in [4.78, 5) is 0. The highest BCUT2D eigenvalue weighted by Crippen LogP contribution is 2.26. The molecule has 78 valence electrons. The van der Waals surface area contributed by atoms with Gasteiger partial charge >= 0.3 is 0 Å². The lowest BCUT2D eigenvalue weighted by Crippen LogP contribution is -2.37. The van der Waals surface area contributed by atoms with Crippen molar-refractivity contribution in [3.8, 4) is 0 Å². The van der Waals surface area contributed by atoms with Crippen molar-refractivity contribution in [3.05, 3.63) is 0 Å². The van der Waals surface area contributed by atoms with E-state index >= 15 is 0 Å². The van der Waals surface area contributed by atoms with Gasteiger partial charge in [-0.05, 0) is 52.1 Å². The zero-order valence-corrected chi connectivity index (χ0v) is 8.58. The zero-order valence-electron chi connectivity index (χ0n) is 8.58. The highest BCUT2D eigenvalue weighted by atomic mass is 16.3. The lowest BCUT2D eigenvalue weighted by Gasteiger charge is -2.31. The van der Waals surface area contributed by atoms with E-state index < -0.39 is 5.60 Å². The SMILES string of the molecule is CC(C)(O)CCNCC1CC(O)C1. The summed E-state index contributed by atoms with van der Waals surface area (Å²) in [5.41, 5.74) is -0.563. The second-order valence-corrected chi connectivity index (χ2v) is 4.76. The Labute approximate surface area is 80.2 Å². The van der Waals surface area contributed by atoms with Gasteiger partial charge in [0.05, 0.1) is 11.7 Å². The summed E-state index contributed by atoms with van der Waals surface area (Å²) >= 11 is 0. The molecule has 3 nitrogen and oxygen atoms in total. The van der Waals surface area contributed by atoms with Crippen LogP contribution in [0.15, 0.2) is 0 Å². The molecular formula is C10H21NO2. The smallest absolute Gasteiger partial charge is 0.0603 e. The van der Waals surface area contributed by atoms with E-state index in [4.69, 9.17) is 5.11 Å². The molecule has 0 aromatic rings. The lowest BCUT2D eigenvalue weighted by atomic mass is 9.82. The van der Waals surface area contributed by atoms with Crippen molar-refractivity contribution in [1.82, 2.24) is 5.32 Å². The van der Waals surface area contributed by atoms with Crippen molar-refractivity contribution in [2.75, 3.05) is 13.1 Å². The van der Waals surface area contributed by atoms with Crippen molar-refractivity contribution < 1.29 is 10.2 Å². The first-order valence-corrected chi connectivity index (χ1v) is 5.08. The molecule has 1 aliphatic carbocycles. The fourth-order valence-electron chi connectivity index (χ4n) is 1.57. The van der Waals surface area contributed by atoms with Gasteiger partial charge < -0.3 is 15.5 Å². The monoisotopic (exact) mass is 187 g/mol. The summed E-state index contributed by atoms with van der Waals surface area (Å²) in [5.74, 6) is 0.650. The normalized spacial score (nSPS) is 28.6. The average molecular weight is 187 g/mol. The van der Waals surface area contributed by atoms with Crippen LogP contribution >= 0.6 is 0 Å². The predicted octanol–water partition coefficient (Wildman–Crippen LogP) is 0.508. The Morgan fingerprint density at radius 1 is 1.38 bits per heavy atom. The molecule has 0 amide bonds. The van der Waals surface area contributed by atoms with Gasteiger partial charge in [0.25, 0.3) is 0 Å². The number of rotatable bonds is 5. The van der Waals surface area contributed by atoms with Gasteiger partial charge in [0.15, 0.2) is 0 Å². The summed E-state index contributed by atoms with van der Waals surface area (Å²) in [6.07, 6.45) is 2.61. The van der Waals surface area contributed by atoms with Gasteiger partial charge in [-0.2, -0.15) is 0 Å². The van der Waals surface area contributed by atoms with Gasteiger partial charge in [0.2, 0.25) is 0 Å². The topological polar surface area (TPSA) is 52.5 Å². The Kier molecular flexibility index (Phi) is 3.71. The maximum absolute atomic E-state index is 9.42. The van der Waals surface area contributed by atoms with Crippen LogP contribution in [-0.2, 0) is 0 Å². The summed E-state index contributed by atoms with van der Waals surface area (Å²) in [6, 6.07) is 0. The van der Waals surface area contributed by atoms with Crippen LogP contribution in [0.2, 0.25) is 0 Å². The molecule has 0 aromatic carbocycles. The second-order valence-electron chi connectivity index (χ2n) is 4.76. The standard InChI is InChI=1S/C10H21NO2/c1-10(2,13)3-4-11-7-8-5-9(12)6-8/h8-9,11-13H,3-7H2,1-2H3. The van der Waals surface area contributed by atoms with Crippen molar-refractivity contribution in [2.24, 2.45) is 5.92 Å². The van der Waals surface area contributed by atoms with E-state index in [-0.39, 0.29) is 6.10 Å². The second kappa shape index (κ2) is 4.40. The Morgan fingerprint density at radius 3 is 2.46 bits per heavy atom. The van der Waals surface area contributed by atoms with Crippen LogP contribution in [0, 0.1) is 5.92 Å². The Morgan fingerprint density at radius 2 is 2.00 bits per heavy atom. The van der Waals surface area contributed by atoms with Crippen LogP contribution in [0.25, 0.3) is 0 Å². The lowest BCUT2D eigenvalue weighted by molar-refractivity contribution is 0.0403. The number of hydrogen-bond acceptors (Lipinski definition) is 3.